The zero-order chi connectivity index (χ0) is 14.2. The number of hydrogen-bond acceptors (Lipinski definition) is 2. The second-order valence-corrected chi connectivity index (χ2v) is 6.58. The van der Waals surface area contributed by atoms with Gasteiger partial charge in [-0.2, -0.15) is 0 Å². The Morgan fingerprint density at radius 3 is 2.70 bits per heavy atom. The fourth-order valence-electron chi connectivity index (χ4n) is 3.09. The summed E-state index contributed by atoms with van der Waals surface area (Å²) in [5, 5.41) is 5.09. The quantitative estimate of drug-likeness (QED) is 0.704. The smallest absolute Gasteiger partial charge is 0.143 e. The predicted molar refractivity (Wildman–Crippen MR) is 83.2 cm³/mol. The Morgan fingerprint density at radius 1 is 1.30 bits per heavy atom. The summed E-state index contributed by atoms with van der Waals surface area (Å²) >= 11 is 5.93. The third-order valence-corrected chi connectivity index (χ3v) is 4.81. The lowest BCUT2D eigenvalue weighted by atomic mass is 9.76. The molecule has 1 aromatic rings. The van der Waals surface area contributed by atoms with Gasteiger partial charge in [-0.15, -0.1) is 0 Å². The molecule has 3 rings (SSSR count). The molecule has 0 saturated heterocycles. The highest BCUT2D eigenvalue weighted by atomic mass is 35.5. The topological polar surface area (TPSA) is 21.6 Å². The van der Waals surface area contributed by atoms with Gasteiger partial charge in [0, 0.05) is 17.4 Å². The van der Waals surface area contributed by atoms with Crippen LogP contribution in [0.4, 0.5) is 0 Å². The molecule has 2 unspecified atom stereocenters. The van der Waals surface area contributed by atoms with Gasteiger partial charge in [-0.3, -0.25) is 0 Å². The van der Waals surface area contributed by atoms with Crippen molar-refractivity contribution in [1.29, 1.82) is 0 Å². The zero-order valence-corrected chi connectivity index (χ0v) is 12.8. The minimum Gasteiger partial charge on any atom is -0.389 e. The van der Waals surface area contributed by atoms with Crippen molar-refractivity contribution in [2.24, 2.45) is 11.1 Å². The van der Waals surface area contributed by atoms with Gasteiger partial charge in [0.2, 0.25) is 0 Å². The van der Waals surface area contributed by atoms with Gasteiger partial charge in [-0.05, 0) is 50.8 Å². The van der Waals surface area contributed by atoms with E-state index < -0.39 is 0 Å². The molecule has 1 heterocycles. The molecule has 106 valence electrons. The van der Waals surface area contributed by atoms with Gasteiger partial charge >= 0.3 is 0 Å². The highest BCUT2D eigenvalue weighted by Crippen LogP contribution is 2.40. The van der Waals surface area contributed by atoms with Crippen molar-refractivity contribution in [2.75, 3.05) is 0 Å². The van der Waals surface area contributed by atoms with Crippen LogP contribution in [-0.4, -0.2) is 11.3 Å². The molecular formula is C17H20ClNO. The maximum atomic E-state index is 5.93. The van der Waals surface area contributed by atoms with Crippen LogP contribution in [0, 0.1) is 5.92 Å². The minimum absolute atomic E-state index is 0.161. The summed E-state index contributed by atoms with van der Waals surface area (Å²) in [4.78, 5) is 5.84. The van der Waals surface area contributed by atoms with Crippen LogP contribution in [0.3, 0.4) is 0 Å². The van der Waals surface area contributed by atoms with E-state index in [2.05, 4.69) is 25.1 Å². The standard InChI is InChI=1S/C17H20ClNO/c1-12-3-7-14(8-4-12)17(2)11-16(19-20-17)13-5-9-15(18)10-6-13/h3,5-6,9-10,14H,4,7-8,11H2,1-2H3. The number of hydrogen-bond donors (Lipinski definition) is 0. The first-order valence-electron chi connectivity index (χ1n) is 7.23. The fourth-order valence-corrected chi connectivity index (χ4v) is 3.22. The first-order valence-corrected chi connectivity index (χ1v) is 7.61. The molecule has 1 aliphatic carbocycles. The van der Waals surface area contributed by atoms with Gasteiger partial charge in [-0.1, -0.05) is 40.5 Å². The molecule has 0 fully saturated rings. The van der Waals surface area contributed by atoms with Crippen molar-refractivity contribution in [3.05, 3.63) is 46.5 Å². The molecule has 2 atom stereocenters. The van der Waals surface area contributed by atoms with E-state index in [9.17, 15) is 0 Å². The van der Waals surface area contributed by atoms with E-state index in [0.717, 1.165) is 29.1 Å². The van der Waals surface area contributed by atoms with Crippen molar-refractivity contribution < 1.29 is 4.84 Å². The van der Waals surface area contributed by atoms with E-state index in [0.29, 0.717) is 5.92 Å². The van der Waals surface area contributed by atoms with Gasteiger partial charge in [0.05, 0.1) is 5.71 Å². The molecule has 0 N–H and O–H groups in total. The lowest BCUT2D eigenvalue weighted by Crippen LogP contribution is -2.35. The number of rotatable bonds is 2. The van der Waals surface area contributed by atoms with Gasteiger partial charge < -0.3 is 4.84 Å². The number of oxime groups is 1. The Kier molecular flexibility index (Phi) is 3.59. The van der Waals surface area contributed by atoms with Gasteiger partial charge in [0.1, 0.15) is 5.60 Å². The normalized spacial score (nSPS) is 29.6. The average molecular weight is 290 g/mol. The molecule has 0 amide bonds. The molecule has 0 bridgehead atoms. The first-order chi connectivity index (χ1) is 9.57. The molecule has 0 saturated carbocycles. The summed E-state index contributed by atoms with van der Waals surface area (Å²) in [5.74, 6) is 0.555. The minimum atomic E-state index is -0.161. The molecular weight excluding hydrogens is 270 g/mol. The Labute approximate surface area is 125 Å². The average Bonchev–Trinajstić information content (AvgIpc) is 2.84. The summed E-state index contributed by atoms with van der Waals surface area (Å²) in [5.41, 5.74) is 3.49. The summed E-state index contributed by atoms with van der Waals surface area (Å²) in [7, 11) is 0. The molecule has 20 heavy (non-hydrogen) atoms. The molecule has 0 radical (unpaired) electrons. The van der Waals surface area contributed by atoms with Crippen molar-refractivity contribution in [2.45, 2.75) is 45.1 Å². The van der Waals surface area contributed by atoms with Crippen LogP contribution in [0.1, 0.15) is 45.1 Å². The second-order valence-electron chi connectivity index (χ2n) is 6.15. The van der Waals surface area contributed by atoms with Gasteiger partial charge in [-0.25, -0.2) is 0 Å². The number of nitrogens with zero attached hydrogens (tertiary/aromatic N) is 1. The van der Waals surface area contributed by atoms with E-state index in [-0.39, 0.29) is 5.60 Å². The van der Waals surface area contributed by atoms with Gasteiger partial charge in [0.25, 0.3) is 0 Å². The molecule has 0 spiro atoms. The van der Waals surface area contributed by atoms with Crippen LogP contribution in [-0.2, 0) is 4.84 Å². The largest absolute Gasteiger partial charge is 0.389 e. The lowest BCUT2D eigenvalue weighted by molar-refractivity contribution is -0.0523. The first kappa shape index (κ1) is 13.7. The maximum absolute atomic E-state index is 5.93. The van der Waals surface area contributed by atoms with E-state index in [1.54, 1.807) is 0 Å². The highest BCUT2D eigenvalue weighted by Gasteiger charge is 2.42. The zero-order valence-electron chi connectivity index (χ0n) is 12.0. The van der Waals surface area contributed by atoms with Gasteiger partial charge in [0.15, 0.2) is 0 Å². The molecule has 1 aromatic carbocycles. The SMILES string of the molecule is CC1=CCC(C2(C)CC(c3ccc(Cl)cc3)=NO2)CC1. The van der Waals surface area contributed by atoms with Crippen molar-refractivity contribution in [3.8, 4) is 0 Å². The third kappa shape index (κ3) is 2.62. The summed E-state index contributed by atoms with van der Waals surface area (Å²) < 4.78 is 0. The van der Waals surface area contributed by atoms with Crippen LogP contribution >= 0.6 is 11.6 Å². The summed E-state index contributed by atoms with van der Waals surface area (Å²) in [6, 6.07) is 7.84. The van der Waals surface area contributed by atoms with Crippen molar-refractivity contribution >= 4 is 17.3 Å². The summed E-state index contributed by atoms with van der Waals surface area (Å²) in [6.07, 6.45) is 6.71. The number of halogens is 1. The van der Waals surface area contributed by atoms with Crippen molar-refractivity contribution in [3.63, 3.8) is 0 Å². The van der Waals surface area contributed by atoms with Crippen molar-refractivity contribution in [1.82, 2.24) is 0 Å². The molecule has 2 nitrogen and oxygen atoms in total. The van der Waals surface area contributed by atoms with Crippen LogP contribution in [0.25, 0.3) is 0 Å². The Balaban J connectivity index is 1.73. The number of benzene rings is 1. The van der Waals surface area contributed by atoms with Crippen LogP contribution in [0.5, 0.6) is 0 Å². The summed E-state index contributed by atoms with van der Waals surface area (Å²) in [6.45, 7) is 4.41. The van der Waals surface area contributed by atoms with Crippen LogP contribution < -0.4 is 0 Å². The highest BCUT2D eigenvalue weighted by molar-refractivity contribution is 6.30. The monoisotopic (exact) mass is 289 g/mol. The van der Waals surface area contributed by atoms with E-state index in [1.165, 1.54) is 18.4 Å². The molecule has 3 heteroatoms. The molecule has 2 aliphatic rings. The van der Waals surface area contributed by atoms with E-state index in [4.69, 9.17) is 16.4 Å². The molecule has 1 aliphatic heterocycles. The Hall–Kier alpha value is -1.28. The fraction of sp³-hybridized carbons (Fsp3) is 0.471. The van der Waals surface area contributed by atoms with Crippen LogP contribution in [0.15, 0.2) is 41.1 Å². The van der Waals surface area contributed by atoms with Crippen LogP contribution in [0.2, 0.25) is 5.02 Å². The van der Waals surface area contributed by atoms with E-state index >= 15 is 0 Å². The number of allylic oxidation sites excluding steroid dienone is 2. The lowest BCUT2D eigenvalue weighted by Gasteiger charge is -2.33. The second kappa shape index (κ2) is 5.25. The Bertz CT molecular complexity index is 561. The molecule has 0 aromatic heterocycles. The maximum Gasteiger partial charge on any atom is 0.143 e. The third-order valence-electron chi connectivity index (χ3n) is 4.56. The Morgan fingerprint density at radius 2 is 2.05 bits per heavy atom. The predicted octanol–water partition coefficient (Wildman–Crippen LogP) is 4.97. The van der Waals surface area contributed by atoms with E-state index in [1.807, 2.05) is 24.3 Å².